The van der Waals surface area contributed by atoms with Gasteiger partial charge in [-0.25, -0.2) is 0 Å². The zero-order valence-corrected chi connectivity index (χ0v) is 26.6. The highest BCUT2D eigenvalue weighted by atomic mass is 16.6. The molecule has 3 fully saturated rings. The number of benzene rings is 1. The molecule has 1 N–H and O–H groups in total. The topological polar surface area (TPSA) is 96.4 Å². The lowest BCUT2D eigenvalue weighted by atomic mass is 9.65. The van der Waals surface area contributed by atoms with E-state index in [1.165, 1.54) is 0 Å². The van der Waals surface area contributed by atoms with Crippen LogP contribution in [-0.4, -0.2) is 70.8 Å². The number of esters is 1. The first-order valence-electron chi connectivity index (χ1n) is 15.9. The molecule has 1 aromatic rings. The highest BCUT2D eigenvalue weighted by Gasteiger charge is 2.79. The molecule has 1 aromatic carbocycles. The molecule has 8 heteroatoms. The number of carbonyl (C=O) groups is 3. The van der Waals surface area contributed by atoms with E-state index >= 15 is 0 Å². The molecule has 3 heterocycles. The van der Waals surface area contributed by atoms with Crippen LogP contribution in [0.3, 0.4) is 0 Å². The summed E-state index contributed by atoms with van der Waals surface area (Å²) in [6.45, 7) is 17.8. The van der Waals surface area contributed by atoms with Crippen molar-refractivity contribution in [3.05, 3.63) is 54.6 Å². The third-order valence-electron chi connectivity index (χ3n) is 9.73. The standard InChI is InChI=1S/C35H50N2O6/c1-8-11-12-13-19-42-33(41)29-28-31(39)37(26(22-38)20-23(4)5)30(35(28)17-16-34(29,10-3)43-35)32(40)36(18-9-2)27-21-24(6)14-15-25(27)7/h8-9,14-15,21,23,26,28-30,38H,1-2,10-13,16-20,22H2,3-7H3/t26-,28+,29+,30?,34-,35?/m1/s1. The minimum absolute atomic E-state index is 0.164. The molecule has 8 nitrogen and oxygen atoms in total. The highest BCUT2D eigenvalue weighted by molar-refractivity contribution is 6.05. The number of amides is 2. The van der Waals surface area contributed by atoms with E-state index < -0.39 is 41.1 Å². The summed E-state index contributed by atoms with van der Waals surface area (Å²) in [6, 6.07) is 4.35. The van der Waals surface area contributed by atoms with Gasteiger partial charge < -0.3 is 24.4 Å². The van der Waals surface area contributed by atoms with Crippen molar-refractivity contribution < 1.29 is 29.0 Å². The third kappa shape index (κ3) is 5.80. The van der Waals surface area contributed by atoms with E-state index in [0.717, 1.165) is 29.7 Å². The Morgan fingerprint density at radius 2 is 1.95 bits per heavy atom. The lowest BCUT2D eigenvalue weighted by Gasteiger charge is -2.40. The maximum atomic E-state index is 14.9. The summed E-state index contributed by atoms with van der Waals surface area (Å²) in [6.07, 6.45) is 7.99. The summed E-state index contributed by atoms with van der Waals surface area (Å²) in [5, 5.41) is 10.6. The van der Waals surface area contributed by atoms with Gasteiger partial charge >= 0.3 is 5.97 Å². The molecule has 0 aromatic heterocycles. The minimum atomic E-state index is -1.20. The van der Waals surface area contributed by atoms with Gasteiger partial charge in [0.15, 0.2) is 0 Å². The number of rotatable bonds is 15. The molecule has 1 spiro atoms. The van der Waals surface area contributed by atoms with E-state index in [9.17, 15) is 19.5 Å². The first-order chi connectivity index (χ1) is 20.5. The molecular formula is C35H50N2O6. The van der Waals surface area contributed by atoms with Crippen LogP contribution in [0.1, 0.15) is 76.8 Å². The molecule has 3 aliphatic heterocycles. The number of hydrogen-bond donors (Lipinski definition) is 1. The van der Waals surface area contributed by atoms with Gasteiger partial charge in [-0.15, -0.1) is 13.2 Å². The zero-order valence-electron chi connectivity index (χ0n) is 26.6. The highest BCUT2D eigenvalue weighted by Crippen LogP contribution is 2.65. The average Bonchev–Trinajstić information content (AvgIpc) is 3.59. The molecule has 0 aliphatic carbocycles. The van der Waals surface area contributed by atoms with E-state index in [0.29, 0.717) is 32.1 Å². The normalized spacial score (nSPS) is 28.2. The van der Waals surface area contributed by atoms with Gasteiger partial charge in [0.25, 0.3) is 5.91 Å². The number of aliphatic hydroxyl groups excluding tert-OH is 1. The van der Waals surface area contributed by atoms with Crippen LogP contribution in [-0.2, 0) is 23.9 Å². The number of unbranched alkanes of at least 4 members (excludes halogenated alkanes) is 2. The average molecular weight is 595 g/mol. The van der Waals surface area contributed by atoms with Crippen LogP contribution in [0.5, 0.6) is 0 Å². The summed E-state index contributed by atoms with van der Waals surface area (Å²) < 4.78 is 12.7. The lowest BCUT2D eigenvalue weighted by molar-refractivity contribution is -0.162. The molecule has 2 bridgehead atoms. The molecular weight excluding hydrogens is 544 g/mol. The first kappa shape index (κ1) is 32.9. The number of likely N-dealkylation sites (tertiary alicyclic amines) is 1. The van der Waals surface area contributed by atoms with Crippen molar-refractivity contribution in [1.82, 2.24) is 4.90 Å². The number of anilines is 1. The number of carbonyl (C=O) groups excluding carboxylic acids is 3. The third-order valence-corrected chi connectivity index (χ3v) is 9.73. The predicted molar refractivity (Wildman–Crippen MR) is 167 cm³/mol. The Kier molecular flexibility index (Phi) is 10.2. The van der Waals surface area contributed by atoms with Crippen molar-refractivity contribution in [1.29, 1.82) is 0 Å². The quantitative estimate of drug-likeness (QED) is 0.169. The van der Waals surface area contributed by atoms with Crippen LogP contribution >= 0.6 is 0 Å². The van der Waals surface area contributed by atoms with E-state index in [4.69, 9.17) is 9.47 Å². The molecule has 0 radical (unpaired) electrons. The second-order valence-electron chi connectivity index (χ2n) is 13.0. The molecule has 3 aliphatic rings. The van der Waals surface area contributed by atoms with Crippen LogP contribution < -0.4 is 4.90 Å². The Balaban J connectivity index is 1.81. The molecule has 0 saturated carbocycles. The molecule has 3 saturated heterocycles. The van der Waals surface area contributed by atoms with Gasteiger partial charge in [-0.05, 0) is 81.9 Å². The Morgan fingerprint density at radius 1 is 1.21 bits per heavy atom. The Hall–Kier alpha value is -2.97. The van der Waals surface area contributed by atoms with Gasteiger partial charge in [0.1, 0.15) is 17.6 Å². The molecule has 2 amide bonds. The van der Waals surface area contributed by atoms with Gasteiger partial charge in [0, 0.05) is 12.2 Å². The zero-order chi connectivity index (χ0) is 31.5. The van der Waals surface area contributed by atoms with E-state index in [-0.39, 0.29) is 37.5 Å². The van der Waals surface area contributed by atoms with Crippen LogP contribution in [0.25, 0.3) is 0 Å². The van der Waals surface area contributed by atoms with Crippen LogP contribution in [0, 0.1) is 31.6 Å². The summed E-state index contributed by atoms with van der Waals surface area (Å²) in [4.78, 5) is 46.6. The van der Waals surface area contributed by atoms with Crippen molar-refractivity contribution >= 4 is 23.5 Å². The monoisotopic (exact) mass is 594 g/mol. The second-order valence-corrected chi connectivity index (χ2v) is 13.0. The van der Waals surface area contributed by atoms with Crippen molar-refractivity contribution in [3.8, 4) is 0 Å². The largest absolute Gasteiger partial charge is 0.465 e. The summed E-state index contributed by atoms with van der Waals surface area (Å²) in [5.74, 6) is -2.53. The number of fused-ring (bicyclic) bond motifs is 1. The molecule has 4 rings (SSSR count). The lowest BCUT2D eigenvalue weighted by Crippen LogP contribution is -2.59. The predicted octanol–water partition coefficient (Wildman–Crippen LogP) is 5.28. The Labute approximate surface area is 257 Å². The minimum Gasteiger partial charge on any atom is -0.465 e. The van der Waals surface area contributed by atoms with Crippen LogP contribution in [0.2, 0.25) is 0 Å². The van der Waals surface area contributed by atoms with Gasteiger partial charge in [-0.2, -0.15) is 0 Å². The number of aryl methyl sites for hydroxylation is 2. The number of nitrogens with zero attached hydrogens (tertiary/aromatic N) is 2. The maximum absolute atomic E-state index is 14.9. The summed E-state index contributed by atoms with van der Waals surface area (Å²) >= 11 is 0. The van der Waals surface area contributed by atoms with Crippen molar-refractivity contribution in [2.45, 2.75) is 103 Å². The van der Waals surface area contributed by atoms with Crippen LogP contribution in [0.4, 0.5) is 5.69 Å². The maximum Gasteiger partial charge on any atom is 0.312 e. The fourth-order valence-electron chi connectivity index (χ4n) is 7.75. The van der Waals surface area contributed by atoms with Crippen molar-refractivity contribution in [3.63, 3.8) is 0 Å². The SMILES string of the molecule is C=CCCCCOC(=O)[C@@H]1[C@H]2C(=O)N([C@@H](CO)CC(C)C)C(C(=O)N(CC=C)c3cc(C)ccc3C)C23CC[C@@]1(CC)O3. The van der Waals surface area contributed by atoms with Crippen molar-refractivity contribution in [2.24, 2.45) is 17.8 Å². The van der Waals surface area contributed by atoms with Gasteiger partial charge in [-0.3, -0.25) is 14.4 Å². The number of ether oxygens (including phenoxy) is 2. The summed E-state index contributed by atoms with van der Waals surface area (Å²) in [5.41, 5.74) is 0.599. The summed E-state index contributed by atoms with van der Waals surface area (Å²) in [7, 11) is 0. The molecule has 2 unspecified atom stereocenters. The Morgan fingerprint density at radius 3 is 2.58 bits per heavy atom. The first-order valence-corrected chi connectivity index (χ1v) is 15.9. The molecule has 43 heavy (non-hydrogen) atoms. The number of allylic oxidation sites excluding steroid dienone is 1. The fraction of sp³-hybridized carbons (Fsp3) is 0.629. The van der Waals surface area contributed by atoms with Gasteiger partial charge in [0.2, 0.25) is 5.91 Å². The van der Waals surface area contributed by atoms with E-state index in [2.05, 4.69) is 13.2 Å². The molecule has 6 atom stereocenters. The smallest absolute Gasteiger partial charge is 0.312 e. The number of hydrogen-bond acceptors (Lipinski definition) is 6. The van der Waals surface area contributed by atoms with E-state index in [1.807, 2.05) is 58.9 Å². The number of aliphatic hydroxyl groups is 1. The molecule has 236 valence electrons. The fourth-order valence-corrected chi connectivity index (χ4v) is 7.75. The Bertz CT molecular complexity index is 1230. The second kappa shape index (κ2) is 13.3. The van der Waals surface area contributed by atoms with Crippen molar-refractivity contribution in [2.75, 3.05) is 24.7 Å². The van der Waals surface area contributed by atoms with Gasteiger partial charge in [0.05, 0.1) is 30.8 Å². The van der Waals surface area contributed by atoms with Gasteiger partial charge in [-0.1, -0.05) is 45.1 Å². The van der Waals surface area contributed by atoms with E-state index in [1.54, 1.807) is 15.9 Å². The van der Waals surface area contributed by atoms with Crippen LogP contribution in [0.15, 0.2) is 43.5 Å².